The minimum absolute atomic E-state index is 0.0312. The van der Waals surface area contributed by atoms with Crippen molar-refractivity contribution in [3.63, 3.8) is 0 Å². The fourth-order valence-electron chi connectivity index (χ4n) is 10.0. The van der Waals surface area contributed by atoms with Crippen LogP contribution in [0.25, 0.3) is 22.3 Å². The summed E-state index contributed by atoms with van der Waals surface area (Å²) in [5, 5.41) is 26.6. The van der Waals surface area contributed by atoms with Crippen molar-refractivity contribution in [1.29, 1.82) is 0 Å². The molecule has 6 unspecified atom stereocenters. The minimum atomic E-state index is -1.10. The Kier molecular flexibility index (Phi) is 31.5. The highest BCUT2D eigenvalue weighted by Crippen LogP contribution is 2.45. The Morgan fingerprint density at radius 2 is 0.867 bits per heavy atom. The molecule has 5 N–H and O–H groups in total. The summed E-state index contributed by atoms with van der Waals surface area (Å²) in [4.78, 5) is 60.5. The van der Waals surface area contributed by atoms with Crippen LogP contribution < -0.4 is 16.0 Å². The molecule has 480 valence electrons. The summed E-state index contributed by atoms with van der Waals surface area (Å²) >= 11 is 3.25. The van der Waals surface area contributed by atoms with E-state index in [-0.39, 0.29) is 55.5 Å². The van der Waals surface area contributed by atoms with Gasteiger partial charge < -0.3 is 54.7 Å². The van der Waals surface area contributed by atoms with E-state index in [1.165, 1.54) is 29.2 Å². The second kappa shape index (κ2) is 39.0. The van der Waals surface area contributed by atoms with Crippen LogP contribution >= 0.6 is 15.9 Å². The largest absolute Gasteiger partial charge is 0.481 e. The molecule has 7 aromatic rings. The summed E-state index contributed by atoms with van der Waals surface area (Å²) in [7, 11) is 5.05. The zero-order valence-corrected chi connectivity index (χ0v) is 54.8. The number of rotatable bonds is 24. The van der Waals surface area contributed by atoms with Crippen LogP contribution in [0, 0.1) is 5.92 Å². The van der Waals surface area contributed by atoms with Crippen molar-refractivity contribution in [3.8, 4) is 22.3 Å². The number of halogens is 1. The summed E-state index contributed by atoms with van der Waals surface area (Å²) in [5.41, 5.74) is 12.7. The molecule has 7 aromatic carbocycles. The molecule has 6 atom stereocenters. The van der Waals surface area contributed by atoms with Crippen molar-refractivity contribution in [3.05, 3.63) is 227 Å². The van der Waals surface area contributed by atoms with Gasteiger partial charge in [-0.3, -0.25) is 14.4 Å². The second-order valence-electron chi connectivity index (χ2n) is 22.2. The number of ether oxygens (including phenoxy) is 5. The molecule has 0 fully saturated rings. The number of alkyl halides is 1. The van der Waals surface area contributed by atoms with E-state index in [2.05, 4.69) is 99.5 Å². The first-order chi connectivity index (χ1) is 43.4. The molecule has 3 amide bonds. The zero-order valence-electron chi connectivity index (χ0n) is 53.2. The van der Waals surface area contributed by atoms with Crippen LogP contribution in [-0.2, 0) is 57.6 Å². The Labute approximate surface area is 539 Å². The molecule has 0 saturated carbocycles. The molecule has 16 nitrogen and oxygen atoms in total. The number of hydrogen-bond donors (Lipinski definition) is 5. The van der Waals surface area contributed by atoms with Crippen LogP contribution in [0.3, 0.4) is 0 Å². The normalized spacial score (nSPS) is 13.5. The van der Waals surface area contributed by atoms with E-state index >= 15 is 0 Å². The van der Waals surface area contributed by atoms with Gasteiger partial charge in [-0.25, -0.2) is 9.59 Å². The molecule has 0 heterocycles. The summed E-state index contributed by atoms with van der Waals surface area (Å²) in [6, 6.07) is 60.8. The van der Waals surface area contributed by atoms with Crippen LogP contribution in [0.5, 0.6) is 0 Å². The number of nitrogens with one attached hydrogen (secondary N) is 3. The maximum atomic E-state index is 13.2. The number of alkyl carbamates (subject to hydrolysis) is 2. The van der Waals surface area contributed by atoms with Gasteiger partial charge in [-0.1, -0.05) is 211 Å². The predicted octanol–water partition coefficient (Wildman–Crippen LogP) is 13.5. The monoisotopic (exact) mass is 1290 g/mol. The molecular formula is C73H89BrN4O12. The Morgan fingerprint density at radius 3 is 1.24 bits per heavy atom. The molecular weight excluding hydrogens is 1200 g/mol. The molecule has 0 aromatic heterocycles. The standard InChI is InChI=1S/C29H32N2O4.C18H17NO4.C11H17NO.C11H14O2.C4H9BrO/c1-20(34-3)17-31(18-22-11-5-4-6-12-22)28(32)21(2)30-29(33)35-19-27-25-15-9-7-13-23(25)24-14-8-10-16-26(24)27;1-11(17(20)21)19-18(22)23-10-16-14-8-4-2-6-12(14)13-7-3-5-9-15(13)16;1-10(13-2)8-12-9-11-6-4-3-5-7-11;1-9(8-11(12)13)7-10-5-3-2-4-6-10;1-4(3-5)6-2/h4-16,20-21,27H,17-19H2,1-3H3,(H,30,33);2-9,11,16H,10H2,1H3,(H,19,22)(H,20,21);3-7,10,12H,8-9H2,1-2H3;2-6,9H,7-8H2,1H3,(H,12,13);4H,3H2,1-2H3. The van der Waals surface area contributed by atoms with E-state index in [1.54, 1.807) is 33.2 Å². The van der Waals surface area contributed by atoms with Crippen molar-refractivity contribution >= 4 is 46.0 Å². The lowest BCUT2D eigenvalue weighted by atomic mass is 9.98. The Morgan fingerprint density at radius 1 is 0.489 bits per heavy atom. The summed E-state index contributed by atoms with van der Waals surface area (Å²) < 4.78 is 26.2. The highest BCUT2D eigenvalue weighted by Gasteiger charge is 2.32. The quantitative estimate of drug-likeness (QED) is 0.0357. The Balaban J connectivity index is 0.000000229. The number of aliphatic carboxylic acids is 2. The average Bonchev–Trinajstić information content (AvgIpc) is 3.43. The fraction of sp³-hybridized carbons (Fsp3) is 0.356. The van der Waals surface area contributed by atoms with Gasteiger partial charge in [-0.05, 0) is 108 Å². The third kappa shape index (κ3) is 24.0. The number of benzene rings is 7. The zero-order chi connectivity index (χ0) is 65.4. The minimum Gasteiger partial charge on any atom is -0.481 e. The van der Waals surface area contributed by atoms with E-state index in [0.717, 1.165) is 63.8 Å². The van der Waals surface area contributed by atoms with Crippen molar-refractivity contribution in [2.75, 3.05) is 53.0 Å². The average molecular weight is 1290 g/mol. The van der Waals surface area contributed by atoms with Crippen molar-refractivity contribution in [2.45, 2.75) is 110 Å². The van der Waals surface area contributed by atoms with Crippen LogP contribution in [0.2, 0.25) is 0 Å². The summed E-state index contributed by atoms with van der Waals surface area (Å²) in [6.07, 6.45) is 0.258. The summed E-state index contributed by atoms with van der Waals surface area (Å²) in [5.74, 6) is -1.86. The SMILES string of the molecule is CC(CC(=O)O)Cc1ccccc1.CC(NC(=O)OCC1c2ccccc2-c2ccccc21)C(=O)O.COC(C)CBr.COC(C)CN(Cc1ccccc1)C(=O)C(C)NC(=O)OCC1c2ccccc2-c2ccccc21.COC(C)CNCc1ccccc1. The lowest BCUT2D eigenvalue weighted by Gasteiger charge is -2.28. The van der Waals surface area contributed by atoms with Crippen LogP contribution in [0.1, 0.15) is 98.7 Å². The molecule has 0 radical (unpaired) electrons. The fourth-order valence-corrected chi connectivity index (χ4v) is 10.3. The van der Waals surface area contributed by atoms with Gasteiger partial charge in [0, 0.05) is 71.1 Å². The van der Waals surface area contributed by atoms with Crippen LogP contribution in [0.15, 0.2) is 188 Å². The molecule has 0 saturated heterocycles. The molecule has 2 aliphatic rings. The first-order valence-electron chi connectivity index (χ1n) is 30.3. The van der Waals surface area contributed by atoms with Gasteiger partial charge >= 0.3 is 24.1 Å². The van der Waals surface area contributed by atoms with Gasteiger partial charge in [0.15, 0.2) is 0 Å². The Hall–Kier alpha value is -8.19. The van der Waals surface area contributed by atoms with Gasteiger partial charge in [0.1, 0.15) is 25.3 Å². The smallest absolute Gasteiger partial charge is 0.407 e. The number of fused-ring (bicyclic) bond motifs is 6. The molecule has 9 rings (SSSR count). The molecule has 17 heteroatoms. The van der Waals surface area contributed by atoms with Gasteiger partial charge in [-0.15, -0.1) is 0 Å². The van der Waals surface area contributed by atoms with Gasteiger partial charge in [0.05, 0.1) is 18.3 Å². The number of amides is 3. The van der Waals surface area contributed by atoms with Crippen molar-refractivity contribution in [2.24, 2.45) is 5.92 Å². The van der Waals surface area contributed by atoms with Gasteiger partial charge in [0.25, 0.3) is 0 Å². The first kappa shape index (κ1) is 72.6. The number of hydrogen-bond acceptors (Lipinski definition) is 11. The number of methoxy groups -OCH3 is 3. The van der Waals surface area contributed by atoms with E-state index in [1.807, 2.05) is 148 Å². The predicted molar refractivity (Wildman–Crippen MR) is 358 cm³/mol. The maximum Gasteiger partial charge on any atom is 0.407 e. The van der Waals surface area contributed by atoms with Crippen molar-refractivity contribution < 1.29 is 57.9 Å². The summed E-state index contributed by atoms with van der Waals surface area (Å²) in [6.45, 7) is 14.0. The van der Waals surface area contributed by atoms with Crippen molar-refractivity contribution in [1.82, 2.24) is 20.9 Å². The Bertz CT molecular complexity index is 3190. The molecule has 0 bridgehead atoms. The maximum absolute atomic E-state index is 13.2. The molecule has 0 spiro atoms. The first-order valence-corrected chi connectivity index (χ1v) is 31.4. The highest BCUT2D eigenvalue weighted by atomic mass is 79.9. The van der Waals surface area contributed by atoms with Crippen LogP contribution in [0.4, 0.5) is 9.59 Å². The number of nitrogens with zero attached hydrogens (tertiary/aromatic N) is 1. The molecule has 2 aliphatic carbocycles. The van der Waals surface area contributed by atoms with E-state index in [4.69, 9.17) is 33.9 Å². The lowest BCUT2D eigenvalue weighted by molar-refractivity contribution is -0.139. The second-order valence-corrected chi connectivity index (χ2v) is 22.9. The lowest BCUT2D eigenvalue weighted by Crippen LogP contribution is -2.48. The topological polar surface area (TPSA) is 211 Å². The number of carboxylic acids is 2. The third-order valence-corrected chi connectivity index (χ3v) is 16.0. The number of carbonyl (C=O) groups is 5. The van der Waals surface area contributed by atoms with Gasteiger partial charge in [0.2, 0.25) is 5.91 Å². The molecule has 0 aliphatic heterocycles. The van der Waals surface area contributed by atoms with E-state index in [9.17, 15) is 24.0 Å². The van der Waals surface area contributed by atoms with Crippen LogP contribution in [-0.4, -0.2) is 129 Å². The molecule has 90 heavy (non-hydrogen) atoms. The van der Waals surface area contributed by atoms with E-state index in [0.29, 0.717) is 19.2 Å². The number of carbonyl (C=O) groups excluding carboxylic acids is 3. The van der Waals surface area contributed by atoms with E-state index < -0.39 is 36.2 Å². The number of carboxylic acid groups (broad SMARTS) is 2. The highest BCUT2D eigenvalue weighted by molar-refractivity contribution is 9.09. The van der Waals surface area contributed by atoms with Gasteiger partial charge in [-0.2, -0.15) is 0 Å². The third-order valence-electron chi connectivity index (χ3n) is 15.1.